The molecule has 0 heterocycles. The van der Waals surface area contributed by atoms with Crippen LogP contribution >= 0.6 is 0 Å². The summed E-state index contributed by atoms with van der Waals surface area (Å²) in [6.45, 7) is 0. The molecule has 0 saturated heterocycles. The molecule has 0 nitrogen and oxygen atoms in total. The van der Waals surface area contributed by atoms with Crippen LogP contribution in [0.15, 0.2) is 0 Å². The molecule has 0 radical (unpaired) electrons. The summed E-state index contributed by atoms with van der Waals surface area (Å²) in [5, 5.41) is 0. The summed E-state index contributed by atoms with van der Waals surface area (Å²) < 4.78 is 0. The van der Waals surface area contributed by atoms with Crippen molar-refractivity contribution in [2.45, 2.75) is 135 Å². The smallest absolute Gasteiger partial charge is 0.0412 e. The van der Waals surface area contributed by atoms with Crippen molar-refractivity contribution in [3.05, 3.63) is 0 Å². The van der Waals surface area contributed by atoms with E-state index in [1.54, 1.807) is 32.1 Å². The van der Waals surface area contributed by atoms with Gasteiger partial charge in [-0.05, 0) is 18.3 Å². The van der Waals surface area contributed by atoms with Crippen LogP contribution in [0.2, 0.25) is 0 Å². The second-order valence-electron chi connectivity index (χ2n) is 8.78. The molecule has 2 aliphatic rings. The highest BCUT2D eigenvalue weighted by molar-refractivity contribution is 4.70. The van der Waals surface area contributed by atoms with E-state index in [1.807, 2.05) is 0 Å². The molecule has 0 bridgehead atoms. The van der Waals surface area contributed by atoms with Gasteiger partial charge in [0.15, 0.2) is 0 Å². The maximum Gasteiger partial charge on any atom is -0.0412 e. The Balaban J connectivity index is 1.76. The van der Waals surface area contributed by atoms with Crippen LogP contribution in [0, 0.1) is 11.8 Å². The minimum absolute atomic E-state index is 1.07. The van der Waals surface area contributed by atoms with Crippen LogP contribution in [0.3, 0.4) is 0 Å². The highest BCUT2D eigenvalue weighted by Gasteiger charge is 2.17. The van der Waals surface area contributed by atoms with E-state index in [4.69, 9.17) is 0 Å². The van der Waals surface area contributed by atoms with Gasteiger partial charge < -0.3 is 0 Å². The molecular formula is C23H44. The fourth-order valence-corrected chi connectivity index (χ4v) is 5.08. The van der Waals surface area contributed by atoms with Crippen LogP contribution in [0.4, 0.5) is 0 Å². The first-order valence-electron chi connectivity index (χ1n) is 11.4. The molecule has 0 aromatic heterocycles. The molecule has 0 spiro atoms. The third-order valence-corrected chi connectivity index (χ3v) is 6.62. The largest absolute Gasteiger partial charge is 0.0533 e. The van der Waals surface area contributed by atoms with Crippen molar-refractivity contribution in [1.29, 1.82) is 0 Å². The van der Waals surface area contributed by atoms with Crippen LogP contribution in [-0.4, -0.2) is 0 Å². The van der Waals surface area contributed by atoms with Gasteiger partial charge in [0.2, 0.25) is 0 Å². The highest BCUT2D eigenvalue weighted by atomic mass is 14.2. The Labute approximate surface area is 147 Å². The minimum Gasteiger partial charge on any atom is -0.0533 e. The predicted molar refractivity (Wildman–Crippen MR) is 104 cm³/mol. The van der Waals surface area contributed by atoms with Crippen molar-refractivity contribution < 1.29 is 0 Å². The van der Waals surface area contributed by atoms with Gasteiger partial charge in [0.05, 0.1) is 0 Å². The van der Waals surface area contributed by atoms with Crippen LogP contribution < -0.4 is 0 Å². The summed E-state index contributed by atoms with van der Waals surface area (Å²) in [6, 6.07) is 0. The van der Waals surface area contributed by atoms with Crippen molar-refractivity contribution in [2.75, 3.05) is 0 Å². The highest BCUT2D eigenvalue weighted by Crippen LogP contribution is 2.32. The van der Waals surface area contributed by atoms with Gasteiger partial charge in [-0.15, -0.1) is 0 Å². The van der Waals surface area contributed by atoms with Gasteiger partial charge in [-0.2, -0.15) is 0 Å². The van der Waals surface area contributed by atoms with E-state index in [2.05, 4.69) is 0 Å². The molecule has 23 heavy (non-hydrogen) atoms. The van der Waals surface area contributed by atoms with Crippen LogP contribution in [0.1, 0.15) is 135 Å². The van der Waals surface area contributed by atoms with E-state index in [0.29, 0.717) is 0 Å². The maximum atomic E-state index is 1.58. The standard InChI is InChI=1S/C23H44/c1-2-6-10-14-18-22(17-13-9-5-1)21-23-19-15-11-7-3-4-8-12-16-20-23/h22-23H,1-21H2. The zero-order valence-electron chi connectivity index (χ0n) is 16.0. The Morgan fingerprint density at radius 3 is 0.783 bits per heavy atom. The number of hydrogen-bond donors (Lipinski definition) is 0. The third-order valence-electron chi connectivity index (χ3n) is 6.62. The van der Waals surface area contributed by atoms with Crippen molar-refractivity contribution >= 4 is 0 Å². The van der Waals surface area contributed by atoms with E-state index in [1.165, 1.54) is 103 Å². The lowest BCUT2D eigenvalue weighted by molar-refractivity contribution is 0.286. The number of rotatable bonds is 2. The first-order valence-corrected chi connectivity index (χ1v) is 11.4. The monoisotopic (exact) mass is 320 g/mol. The lowest BCUT2D eigenvalue weighted by Crippen LogP contribution is -2.10. The molecule has 0 aliphatic heterocycles. The molecular weight excluding hydrogens is 276 g/mol. The summed E-state index contributed by atoms with van der Waals surface area (Å²) in [5.74, 6) is 2.14. The average Bonchev–Trinajstić information content (AvgIpc) is 2.66. The fourth-order valence-electron chi connectivity index (χ4n) is 5.08. The summed E-state index contributed by atoms with van der Waals surface area (Å²) in [4.78, 5) is 0. The summed E-state index contributed by atoms with van der Waals surface area (Å²) in [6.07, 6.45) is 32.0. The van der Waals surface area contributed by atoms with Gasteiger partial charge in [-0.1, -0.05) is 128 Å². The third kappa shape index (κ3) is 9.78. The lowest BCUT2D eigenvalue weighted by Gasteiger charge is -2.24. The van der Waals surface area contributed by atoms with Crippen molar-refractivity contribution in [3.63, 3.8) is 0 Å². The van der Waals surface area contributed by atoms with Crippen molar-refractivity contribution in [1.82, 2.24) is 0 Å². The SMILES string of the molecule is C1CCCCCC(CC2CCCCCCCCCC2)CCCC1. The molecule has 0 amide bonds. The Bertz CT molecular complexity index is 207. The Morgan fingerprint density at radius 1 is 0.304 bits per heavy atom. The molecule has 2 rings (SSSR count). The van der Waals surface area contributed by atoms with E-state index in [0.717, 1.165) is 11.8 Å². The summed E-state index contributed by atoms with van der Waals surface area (Å²) in [5.41, 5.74) is 0. The first kappa shape index (κ1) is 19.3. The zero-order chi connectivity index (χ0) is 16.0. The van der Waals surface area contributed by atoms with Crippen molar-refractivity contribution in [3.8, 4) is 0 Å². The normalized spacial score (nSPS) is 26.1. The molecule has 0 aromatic rings. The molecule has 2 saturated carbocycles. The lowest BCUT2D eigenvalue weighted by atomic mass is 9.82. The van der Waals surface area contributed by atoms with Crippen LogP contribution in [0.25, 0.3) is 0 Å². The summed E-state index contributed by atoms with van der Waals surface area (Å²) >= 11 is 0. The second-order valence-corrected chi connectivity index (χ2v) is 8.78. The molecule has 2 aliphatic carbocycles. The second kappa shape index (κ2) is 13.3. The first-order chi connectivity index (χ1) is 11.4. The number of hydrogen-bond acceptors (Lipinski definition) is 0. The van der Waals surface area contributed by atoms with Gasteiger partial charge in [0.1, 0.15) is 0 Å². The molecule has 2 fully saturated rings. The van der Waals surface area contributed by atoms with Crippen LogP contribution in [-0.2, 0) is 0 Å². The quantitative estimate of drug-likeness (QED) is 0.479. The fraction of sp³-hybridized carbons (Fsp3) is 1.00. The van der Waals surface area contributed by atoms with Crippen LogP contribution in [0.5, 0.6) is 0 Å². The summed E-state index contributed by atoms with van der Waals surface area (Å²) in [7, 11) is 0. The predicted octanol–water partition coefficient (Wildman–Crippen LogP) is 8.44. The van der Waals surface area contributed by atoms with E-state index in [-0.39, 0.29) is 0 Å². The topological polar surface area (TPSA) is 0 Å². The zero-order valence-corrected chi connectivity index (χ0v) is 16.0. The Kier molecular flexibility index (Phi) is 11.2. The van der Waals surface area contributed by atoms with E-state index in [9.17, 15) is 0 Å². The van der Waals surface area contributed by atoms with Gasteiger partial charge in [0, 0.05) is 0 Å². The van der Waals surface area contributed by atoms with E-state index < -0.39 is 0 Å². The van der Waals surface area contributed by atoms with Gasteiger partial charge in [-0.25, -0.2) is 0 Å². The molecule has 136 valence electrons. The molecule has 0 atom stereocenters. The van der Waals surface area contributed by atoms with Gasteiger partial charge in [-0.3, -0.25) is 0 Å². The van der Waals surface area contributed by atoms with Crippen molar-refractivity contribution in [2.24, 2.45) is 11.8 Å². The minimum atomic E-state index is 1.07. The van der Waals surface area contributed by atoms with E-state index >= 15 is 0 Å². The van der Waals surface area contributed by atoms with Gasteiger partial charge in [0.25, 0.3) is 0 Å². The maximum absolute atomic E-state index is 1.58. The molecule has 0 aromatic carbocycles. The molecule has 0 unspecified atom stereocenters. The molecule has 0 N–H and O–H groups in total. The Hall–Kier alpha value is 0. The Morgan fingerprint density at radius 2 is 0.522 bits per heavy atom. The van der Waals surface area contributed by atoms with Gasteiger partial charge >= 0.3 is 0 Å². The average molecular weight is 321 g/mol. The molecule has 0 heteroatoms.